The normalized spacial score (nSPS) is 10.7. The first-order valence-corrected chi connectivity index (χ1v) is 8.01. The molecule has 3 N–H and O–H groups in total. The number of rotatable bonds is 7. The number of benzene rings is 1. The minimum absolute atomic E-state index is 0.0718. The lowest BCUT2D eigenvalue weighted by molar-refractivity contribution is 0.0528. The van der Waals surface area contributed by atoms with Crippen molar-refractivity contribution in [1.82, 2.24) is 16.0 Å². The summed E-state index contributed by atoms with van der Waals surface area (Å²) in [6, 6.07) is 7.32. The van der Waals surface area contributed by atoms with Gasteiger partial charge in [0.15, 0.2) is 6.73 Å². The van der Waals surface area contributed by atoms with Crippen LogP contribution in [0.15, 0.2) is 24.3 Å². The molecule has 1 aromatic carbocycles. The molecule has 0 radical (unpaired) electrons. The number of para-hydroxylation sites is 1. The molecule has 3 amide bonds. The minimum Gasteiger partial charge on any atom is -0.473 e. The van der Waals surface area contributed by atoms with E-state index in [-0.39, 0.29) is 25.9 Å². The van der Waals surface area contributed by atoms with E-state index in [2.05, 4.69) is 16.0 Å². The molecule has 0 spiro atoms. The third-order valence-corrected chi connectivity index (χ3v) is 2.89. The topological polar surface area (TPSA) is 88.7 Å². The number of carbonyl (C=O) groups excluding carboxylic acids is 2. The van der Waals surface area contributed by atoms with Crippen LogP contribution in [0.2, 0.25) is 0 Å². The quantitative estimate of drug-likeness (QED) is 0.526. The first-order chi connectivity index (χ1) is 11.3. The van der Waals surface area contributed by atoms with Gasteiger partial charge in [-0.1, -0.05) is 25.1 Å². The highest BCUT2D eigenvalue weighted by Crippen LogP contribution is 2.17. The number of hydrogen-bond donors (Lipinski definition) is 3. The van der Waals surface area contributed by atoms with Gasteiger partial charge in [-0.3, -0.25) is 0 Å². The van der Waals surface area contributed by atoms with Crippen LogP contribution in [-0.4, -0.2) is 37.5 Å². The molecule has 0 atom stereocenters. The van der Waals surface area contributed by atoms with Crippen LogP contribution in [0.25, 0.3) is 0 Å². The molecule has 0 aliphatic carbocycles. The molecule has 7 nitrogen and oxygen atoms in total. The van der Waals surface area contributed by atoms with Crippen LogP contribution in [0.5, 0.6) is 5.75 Å². The first kappa shape index (κ1) is 19.6. The second kappa shape index (κ2) is 9.64. The molecule has 0 aliphatic heterocycles. The third-order valence-electron chi connectivity index (χ3n) is 2.89. The summed E-state index contributed by atoms with van der Waals surface area (Å²) in [6.07, 6.45) is 0.350. The molecular formula is C17H27N3O4. The summed E-state index contributed by atoms with van der Waals surface area (Å²) < 4.78 is 10.6. The number of alkyl carbamates (subject to hydrolysis) is 1. The number of carbonyl (C=O) groups is 2. The Morgan fingerprint density at radius 1 is 1.04 bits per heavy atom. The molecule has 24 heavy (non-hydrogen) atoms. The fraction of sp³-hybridized carbons (Fsp3) is 0.529. The van der Waals surface area contributed by atoms with Crippen molar-refractivity contribution in [2.75, 3.05) is 19.8 Å². The van der Waals surface area contributed by atoms with E-state index in [9.17, 15) is 9.59 Å². The molecule has 0 bridgehead atoms. The molecule has 0 saturated carbocycles. The van der Waals surface area contributed by atoms with Gasteiger partial charge in [0.2, 0.25) is 0 Å². The maximum atomic E-state index is 11.6. The Hall–Kier alpha value is -2.44. The Labute approximate surface area is 143 Å². The molecule has 0 aliphatic rings. The summed E-state index contributed by atoms with van der Waals surface area (Å²) >= 11 is 0. The Balaban J connectivity index is 2.15. The average Bonchev–Trinajstić information content (AvgIpc) is 2.50. The van der Waals surface area contributed by atoms with Gasteiger partial charge in [0.25, 0.3) is 0 Å². The van der Waals surface area contributed by atoms with Crippen LogP contribution in [-0.2, 0) is 11.2 Å². The zero-order chi connectivity index (χ0) is 18.0. The number of nitrogens with one attached hydrogen (secondary N) is 3. The van der Waals surface area contributed by atoms with Gasteiger partial charge in [-0.15, -0.1) is 0 Å². The Kier molecular flexibility index (Phi) is 7.88. The largest absolute Gasteiger partial charge is 0.473 e. The zero-order valence-corrected chi connectivity index (χ0v) is 14.8. The lowest BCUT2D eigenvalue weighted by Gasteiger charge is -2.19. The number of hydrogen-bond acceptors (Lipinski definition) is 4. The van der Waals surface area contributed by atoms with E-state index in [1.54, 1.807) is 20.8 Å². The van der Waals surface area contributed by atoms with Crippen LogP contribution < -0.4 is 20.7 Å². The van der Waals surface area contributed by atoms with E-state index in [1.807, 2.05) is 31.2 Å². The van der Waals surface area contributed by atoms with Crippen molar-refractivity contribution in [3.05, 3.63) is 29.8 Å². The van der Waals surface area contributed by atoms with Crippen molar-refractivity contribution in [1.29, 1.82) is 0 Å². The fourth-order valence-electron chi connectivity index (χ4n) is 1.83. The number of aryl methyl sites for hydroxylation is 1. The van der Waals surface area contributed by atoms with Crippen LogP contribution >= 0.6 is 0 Å². The van der Waals surface area contributed by atoms with E-state index in [0.29, 0.717) is 0 Å². The van der Waals surface area contributed by atoms with Crippen LogP contribution in [0.4, 0.5) is 9.59 Å². The smallest absolute Gasteiger partial charge is 0.407 e. The number of amides is 3. The SMILES string of the molecule is CCc1ccccc1OCNC(=O)NCCNC(=O)OC(C)(C)C. The molecule has 1 rings (SSSR count). The predicted molar refractivity (Wildman–Crippen MR) is 92.1 cm³/mol. The lowest BCUT2D eigenvalue weighted by atomic mass is 10.1. The standard InChI is InChI=1S/C17H27N3O4/c1-5-13-8-6-7-9-14(13)23-12-20-15(21)18-10-11-19-16(22)24-17(2,3)4/h6-9H,5,10-12H2,1-4H3,(H,19,22)(H2,18,20,21). The highest BCUT2D eigenvalue weighted by atomic mass is 16.6. The molecule has 0 fully saturated rings. The van der Waals surface area contributed by atoms with Gasteiger partial charge < -0.3 is 25.4 Å². The van der Waals surface area contributed by atoms with Gasteiger partial charge in [0.05, 0.1) is 0 Å². The molecule has 134 valence electrons. The van der Waals surface area contributed by atoms with E-state index in [1.165, 1.54) is 0 Å². The summed E-state index contributed by atoms with van der Waals surface area (Å²) in [5.74, 6) is 0.756. The molecule has 0 aromatic heterocycles. The average molecular weight is 337 g/mol. The van der Waals surface area contributed by atoms with Gasteiger partial charge in [-0.05, 0) is 38.8 Å². The van der Waals surface area contributed by atoms with Gasteiger partial charge in [0, 0.05) is 13.1 Å². The highest BCUT2D eigenvalue weighted by molar-refractivity contribution is 5.73. The van der Waals surface area contributed by atoms with Gasteiger partial charge in [-0.2, -0.15) is 0 Å². The summed E-state index contributed by atoms with van der Waals surface area (Å²) in [5, 5.41) is 7.76. The maximum Gasteiger partial charge on any atom is 0.407 e. The van der Waals surface area contributed by atoms with Crippen LogP contribution in [0, 0.1) is 0 Å². The molecule has 0 heterocycles. The van der Waals surface area contributed by atoms with E-state index in [4.69, 9.17) is 9.47 Å². The molecule has 7 heteroatoms. The Bertz CT molecular complexity index is 541. The number of urea groups is 1. The van der Waals surface area contributed by atoms with Crippen molar-refractivity contribution in [3.63, 3.8) is 0 Å². The van der Waals surface area contributed by atoms with Gasteiger partial charge in [0.1, 0.15) is 11.4 Å². The Morgan fingerprint density at radius 3 is 2.38 bits per heavy atom. The van der Waals surface area contributed by atoms with E-state index >= 15 is 0 Å². The first-order valence-electron chi connectivity index (χ1n) is 8.01. The van der Waals surface area contributed by atoms with Gasteiger partial charge in [-0.25, -0.2) is 9.59 Å². The monoisotopic (exact) mass is 337 g/mol. The molecule has 0 saturated heterocycles. The lowest BCUT2D eigenvalue weighted by Crippen LogP contribution is -2.42. The van der Waals surface area contributed by atoms with E-state index in [0.717, 1.165) is 17.7 Å². The third kappa shape index (κ3) is 8.26. The van der Waals surface area contributed by atoms with Crippen molar-refractivity contribution >= 4 is 12.1 Å². The summed E-state index contributed by atoms with van der Waals surface area (Å²) in [5.41, 5.74) is 0.544. The second-order valence-electron chi connectivity index (χ2n) is 6.11. The van der Waals surface area contributed by atoms with Gasteiger partial charge >= 0.3 is 12.1 Å². The molecule has 0 unspecified atom stereocenters. The van der Waals surface area contributed by atoms with Crippen molar-refractivity contribution in [3.8, 4) is 5.75 Å². The Morgan fingerprint density at radius 2 is 1.71 bits per heavy atom. The van der Waals surface area contributed by atoms with Crippen LogP contribution in [0.3, 0.4) is 0 Å². The molecule has 1 aromatic rings. The van der Waals surface area contributed by atoms with E-state index < -0.39 is 11.7 Å². The zero-order valence-electron chi connectivity index (χ0n) is 14.8. The van der Waals surface area contributed by atoms with Crippen molar-refractivity contribution in [2.24, 2.45) is 0 Å². The fourth-order valence-corrected chi connectivity index (χ4v) is 1.83. The molecular weight excluding hydrogens is 310 g/mol. The van der Waals surface area contributed by atoms with Crippen molar-refractivity contribution in [2.45, 2.75) is 39.7 Å². The minimum atomic E-state index is -0.541. The van der Waals surface area contributed by atoms with Crippen molar-refractivity contribution < 1.29 is 19.1 Å². The van der Waals surface area contributed by atoms with Crippen LogP contribution in [0.1, 0.15) is 33.3 Å². The number of ether oxygens (including phenoxy) is 2. The second-order valence-corrected chi connectivity index (χ2v) is 6.11. The maximum absolute atomic E-state index is 11.6. The summed E-state index contributed by atoms with van der Waals surface area (Å²) in [4.78, 5) is 23.0. The summed E-state index contributed by atoms with van der Waals surface area (Å²) in [7, 11) is 0. The highest BCUT2D eigenvalue weighted by Gasteiger charge is 2.15. The summed E-state index contributed by atoms with van der Waals surface area (Å²) in [6.45, 7) is 8.04. The predicted octanol–water partition coefficient (Wildman–Crippen LogP) is 2.41.